The average molecular weight is 741 g/mol. The molecule has 0 saturated heterocycles. The molecule has 0 saturated carbocycles. The van der Waals surface area contributed by atoms with E-state index in [0.29, 0.717) is 0 Å². The molecule has 0 bridgehead atoms. The monoisotopic (exact) mass is 741 g/mol. The number of pyridine rings is 2. The van der Waals surface area contributed by atoms with Gasteiger partial charge in [0.25, 0.3) is 0 Å². The van der Waals surface area contributed by atoms with Crippen LogP contribution in [0.25, 0.3) is 53.6 Å². The number of fused-ring (bicyclic) bond motifs is 5. The van der Waals surface area contributed by atoms with Crippen LogP contribution in [0.1, 0.15) is 37.5 Å². The normalized spacial score (nSPS) is 11.3. The zero-order valence-corrected chi connectivity index (χ0v) is 27.7. The van der Waals surface area contributed by atoms with Crippen LogP contribution in [0, 0.1) is 26.0 Å². The molecule has 7 rings (SSSR count). The molecule has 0 fully saturated rings. The van der Waals surface area contributed by atoms with E-state index in [1.54, 1.807) is 0 Å². The van der Waals surface area contributed by atoms with Gasteiger partial charge in [0.05, 0.1) is 5.52 Å². The summed E-state index contributed by atoms with van der Waals surface area (Å²) in [6.45, 7) is 10.9. The van der Waals surface area contributed by atoms with E-state index in [0.717, 1.165) is 28.0 Å². The molecule has 0 aliphatic heterocycles. The minimum atomic E-state index is 0. The average Bonchev–Trinajstić information content (AvgIpc) is 3.37. The predicted octanol–water partition coefficient (Wildman–Crippen LogP) is 10.5. The largest absolute Gasteiger partial charge is 0.304 e. The number of benzene rings is 4. The van der Waals surface area contributed by atoms with Gasteiger partial charge in [-0.05, 0) is 70.2 Å². The predicted molar refractivity (Wildman–Crippen MR) is 176 cm³/mol. The Labute approximate surface area is 265 Å². The standard InChI is InChI=1S/C23H16NS.C15H16N.Ir/c1-14-12-15(2)20-18(13-14)24-22(16-8-4-3-5-9-16)21-17-10-6-7-11-19(17)25-23(20)21;1-15(2,3)13-9-10-14(16-11-13)12-7-5-4-6-8-12;/h3-8,10-13H,1-2H3;4-7,9-11H,1-3H3;/q2*-1;. The third-order valence-corrected chi connectivity index (χ3v) is 8.52. The fraction of sp³-hybridized carbons (Fsp3) is 0.158. The maximum absolute atomic E-state index is 5.09. The van der Waals surface area contributed by atoms with Crippen LogP contribution in [0.4, 0.5) is 0 Å². The van der Waals surface area contributed by atoms with Crippen molar-refractivity contribution in [2.75, 3.05) is 0 Å². The van der Waals surface area contributed by atoms with Gasteiger partial charge in [-0.15, -0.1) is 83.1 Å². The third kappa shape index (κ3) is 5.94. The zero-order chi connectivity index (χ0) is 28.6. The van der Waals surface area contributed by atoms with Gasteiger partial charge in [0.1, 0.15) is 0 Å². The van der Waals surface area contributed by atoms with Gasteiger partial charge in [0.15, 0.2) is 0 Å². The second kappa shape index (κ2) is 12.3. The topological polar surface area (TPSA) is 25.8 Å². The first kappa shape index (κ1) is 29.8. The van der Waals surface area contributed by atoms with Gasteiger partial charge in [0, 0.05) is 41.1 Å². The molecule has 0 atom stereocenters. The maximum atomic E-state index is 5.09. The van der Waals surface area contributed by atoms with E-state index in [9.17, 15) is 0 Å². The van der Waals surface area contributed by atoms with Crippen molar-refractivity contribution in [3.63, 3.8) is 0 Å². The van der Waals surface area contributed by atoms with Crippen molar-refractivity contribution in [3.05, 3.63) is 132 Å². The molecule has 0 aliphatic rings. The third-order valence-electron chi connectivity index (χ3n) is 7.33. The molecule has 3 aromatic heterocycles. The molecule has 2 nitrogen and oxygen atoms in total. The minimum Gasteiger partial charge on any atom is -0.304 e. The number of rotatable bonds is 2. The SMILES string of the molecule is CC(C)(C)c1ccc(-c2[c-]cccc2)nc1.Cc1cc(C)c2c(c1)nc(-c1[c-]cccc1)c1c3ccccc3sc21.[Ir]. The quantitative estimate of drug-likeness (QED) is 0.165. The molecule has 211 valence electrons. The number of aromatic nitrogens is 2. The van der Waals surface area contributed by atoms with Gasteiger partial charge in [0.2, 0.25) is 0 Å². The van der Waals surface area contributed by atoms with Crippen LogP contribution in [0.5, 0.6) is 0 Å². The second-order valence-electron chi connectivity index (χ2n) is 11.5. The van der Waals surface area contributed by atoms with Crippen molar-refractivity contribution < 1.29 is 20.1 Å². The van der Waals surface area contributed by atoms with Crippen LogP contribution in [0.2, 0.25) is 0 Å². The van der Waals surface area contributed by atoms with E-state index in [1.807, 2.05) is 53.9 Å². The van der Waals surface area contributed by atoms with E-state index in [4.69, 9.17) is 4.98 Å². The molecule has 7 aromatic rings. The molecule has 3 heterocycles. The van der Waals surface area contributed by atoms with Gasteiger partial charge in [-0.1, -0.05) is 57.2 Å². The Bertz CT molecular complexity index is 1970. The van der Waals surface area contributed by atoms with Crippen LogP contribution in [-0.2, 0) is 25.5 Å². The van der Waals surface area contributed by atoms with Gasteiger partial charge in [-0.2, -0.15) is 0 Å². The van der Waals surface area contributed by atoms with Crippen molar-refractivity contribution in [2.24, 2.45) is 0 Å². The smallest absolute Gasteiger partial charge is 0.0615 e. The molecular formula is C38H32IrN2S-2. The molecular weight excluding hydrogens is 709 g/mol. The van der Waals surface area contributed by atoms with Crippen LogP contribution >= 0.6 is 11.3 Å². The summed E-state index contributed by atoms with van der Waals surface area (Å²) in [5.41, 5.74) is 9.14. The Morgan fingerprint density at radius 2 is 1.43 bits per heavy atom. The fourth-order valence-electron chi connectivity index (χ4n) is 5.25. The summed E-state index contributed by atoms with van der Waals surface area (Å²) < 4.78 is 2.64. The van der Waals surface area contributed by atoms with Gasteiger partial charge in [-0.3, -0.25) is 4.98 Å². The van der Waals surface area contributed by atoms with Gasteiger partial charge < -0.3 is 4.98 Å². The van der Waals surface area contributed by atoms with Crippen molar-refractivity contribution >= 4 is 42.4 Å². The van der Waals surface area contributed by atoms with Crippen molar-refractivity contribution in [1.29, 1.82) is 0 Å². The summed E-state index contributed by atoms with van der Waals surface area (Å²) >= 11 is 1.87. The number of hydrogen-bond acceptors (Lipinski definition) is 3. The molecule has 1 radical (unpaired) electrons. The molecule has 4 heteroatoms. The number of hydrogen-bond donors (Lipinski definition) is 0. The van der Waals surface area contributed by atoms with E-state index in [2.05, 4.69) is 112 Å². The number of aryl methyl sites for hydroxylation is 2. The first-order valence-corrected chi connectivity index (χ1v) is 14.7. The Balaban J connectivity index is 0.000000181. The fourth-order valence-corrected chi connectivity index (χ4v) is 6.57. The molecule has 0 aliphatic carbocycles. The van der Waals surface area contributed by atoms with Crippen LogP contribution in [-0.4, -0.2) is 9.97 Å². The summed E-state index contributed by atoms with van der Waals surface area (Å²) in [6.07, 6.45) is 1.95. The summed E-state index contributed by atoms with van der Waals surface area (Å²) in [4.78, 5) is 9.58. The Kier molecular flexibility index (Phi) is 8.70. The molecule has 42 heavy (non-hydrogen) atoms. The first-order chi connectivity index (χ1) is 19.8. The van der Waals surface area contributed by atoms with Crippen LogP contribution in [0.3, 0.4) is 0 Å². The molecule has 0 amide bonds. The van der Waals surface area contributed by atoms with E-state index in [-0.39, 0.29) is 25.5 Å². The van der Waals surface area contributed by atoms with Gasteiger partial charge in [-0.25, -0.2) is 0 Å². The Hall–Kier alpha value is -3.69. The summed E-state index contributed by atoms with van der Waals surface area (Å²) in [7, 11) is 0. The second-order valence-corrected chi connectivity index (χ2v) is 12.5. The summed E-state index contributed by atoms with van der Waals surface area (Å²) in [5.74, 6) is 0. The number of nitrogens with zero attached hydrogens (tertiary/aromatic N) is 2. The first-order valence-electron chi connectivity index (χ1n) is 13.9. The Morgan fingerprint density at radius 1 is 0.738 bits per heavy atom. The number of thiophene rings is 1. The zero-order valence-electron chi connectivity index (χ0n) is 24.5. The maximum Gasteiger partial charge on any atom is 0.0615 e. The van der Waals surface area contributed by atoms with E-state index >= 15 is 0 Å². The van der Waals surface area contributed by atoms with Gasteiger partial charge >= 0.3 is 0 Å². The summed E-state index contributed by atoms with van der Waals surface area (Å²) in [6, 6.07) is 39.9. The molecule has 0 spiro atoms. The molecule has 0 unspecified atom stereocenters. The van der Waals surface area contributed by atoms with Crippen LogP contribution < -0.4 is 0 Å². The van der Waals surface area contributed by atoms with E-state index in [1.165, 1.54) is 42.2 Å². The van der Waals surface area contributed by atoms with Crippen molar-refractivity contribution in [3.8, 4) is 22.5 Å². The van der Waals surface area contributed by atoms with E-state index < -0.39 is 0 Å². The Morgan fingerprint density at radius 3 is 2.07 bits per heavy atom. The minimum absolute atomic E-state index is 0. The summed E-state index contributed by atoms with van der Waals surface area (Å²) in [5, 5.41) is 3.81. The van der Waals surface area contributed by atoms with Crippen molar-refractivity contribution in [1.82, 2.24) is 9.97 Å². The molecule has 4 aromatic carbocycles. The molecule has 0 N–H and O–H groups in total. The van der Waals surface area contributed by atoms with Crippen molar-refractivity contribution in [2.45, 2.75) is 40.0 Å². The van der Waals surface area contributed by atoms with Crippen LogP contribution in [0.15, 0.2) is 103 Å².